The van der Waals surface area contributed by atoms with Gasteiger partial charge in [-0.3, -0.25) is 9.69 Å². The van der Waals surface area contributed by atoms with Crippen molar-refractivity contribution in [2.24, 2.45) is 34.5 Å². The normalized spacial score (nSPS) is 60.2. The third-order valence-corrected chi connectivity index (χ3v) is 11.0. The van der Waals surface area contributed by atoms with Crippen molar-refractivity contribution >= 4 is 5.78 Å². The fourth-order valence-corrected chi connectivity index (χ4v) is 10.4. The molecule has 32 heavy (non-hydrogen) atoms. The average molecular weight is 452 g/mol. The van der Waals surface area contributed by atoms with Gasteiger partial charge in [-0.25, -0.2) is 0 Å². The Morgan fingerprint density at radius 2 is 1.94 bits per heavy atom. The fourth-order valence-electron chi connectivity index (χ4n) is 10.4. The second-order valence-electron chi connectivity index (χ2n) is 11.5. The van der Waals surface area contributed by atoms with Crippen molar-refractivity contribution in [3.63, 3.8) is 0 Å². The summed E-state index contributed by atoms with van der Waals surface area (Å²) in [5.74, 6) is -1.43. The van der Waals surface area contributed by atoms with Gasteiger partial charge in [0.2, 0.25) is 0 Å². The van der Waals surface area contributed by atoms with Gasteiger partial charge >= 0.3 is 0 Å². The molecule has 0 aromatic rings. The molecule has 12 atom stereocenters. The Labute approximate surface area is 189 Å². The number of hydrogen-bond acceptors (Lipinski definition) is 8. The van der Waals surface area contributed by atoms with Crippen LogP contribution in [0.25, 0.3) is 0 Å². The number of likely N-dealkylation sites (tertiary alicyclic amines) is 1. The number of likely N-dealkylation sites (N-methyl/N-ethyl adjacent to an activating group) is 1. The predicted octanol–water partition coefficient (Wildman–Crippen LogP) is -0.175. The molecule has 3 N–H and O–H groups in total. The first-order valence-corrected chi connectivity index (χ1v) is 12.2. The molecule has 6 rings (SSSR count). The van der Waals surface area contributed by atoms with E-state index in [-0.39, 0.29) is 35.4 Å². The maximum absolute atomic E-state index is 13.7. The summed E-state index contributed by atoms with van der Waals surface area (Å²) in [5, 5.41) is 37.0. The molecule has 1 spiro atoms. The molecule has 1 aliphatic heterocycles. The van der Waals surface area contributed by atoms with Gasteiger partial charge in [0.1, 0.15) is 17.0 Å². The Balaban J connectivity index is 1.68. The number of aliphatic hydroxyl groups is 3. The summed E-state index contributed by atoms with van der Waals surface area (Å²) < 4.78 is 17.6. The highest BCUT2D eigenvalue weighted by Gasteiger charge is 2.91. The van der Waals surface area contributed by atoms with Crippen LogP contribution in [0.2, 0.25) is 0 Å². The topological polar surface area (TPSA) is 109 Å². The predicted molar refractivity (Wildman–Crippen MR) is 113 cm³/mol. The Morgan fingerprint density at radius 1 is 1.19 bits per heavy atom. The van der Waals surface area contributed by atoms with E-state index in [0.717, 1.165) is 13.0 Å². The zero-order valence-corrected chi connectivity index (χ0v) is 19.5. The van der Waals surface area contributed by atoms with Crippen LogP contribution in [0.1, 0.15) is 32.6 Å². The van der Waals surface area contributed by atoms with E-state index in [1.165, 1.54) is 0 Å². The minimum Gasteiger partial charge on any atom is -0.392 e. The van der Waals surface area contributed by atoms with Gasteiger partial charge in [0, 0.05) is 57.0 Å². The summed E-state index contributed by atoms with van der Waals surface area (Å²) in [6.07, 6.45) is 0.350. The Hall–Kier alpha value is -0.610. The van der Waals surface area contributed by atoms with E-state index >= 15 is 0 Å². The lowest BCUT2D eigenvalue weighted by Gasteiger charge is -2.69. The number of nitrogens with zero attached hydrogens (tertiary/aromatic N) is 1. The number of piperidine rings is 1. The molecule has 1 heterocycles. The number of hydrogen-bond donors (Lipinski definition) is 3. The van der Waals surface area contributed by atoms with Crippen LogP contribution in [-0.2, 0) is 19.0 Å². The van der Waals surface area contributed by atoms with E-state index in [0.29, 0.717) is 26.0 Å². The van der Waals surface area contributed by atoms with Crippen molar-refractivity contribution < 1.29 is 34.3 Å². The summed E-state index contributed by atoms with van der Waals surface area (Å²) in [6.45, 7) is 3.96. The van der Waals surface area contributed by atoms with Gasteiger partial charge < -0.3 is 29.5 Å². The highest BCUT2D eigenvalue weighted by molar-refractivity contribution is 5.90. The molecule has 6 aliphatic rings. The van der Waals surface area contributed by atoms with Crippen molar-refractivity contribution in [3.8, 4) is 0 Å². The molecule has 0 radical (unpaired) electrons. The molecule has 6 fully saturated rings. The lowest BCUT2D eigenvalue weighted by Crippen LogP contribution is -2.81. The van der Waals surface area contributed by atoms with Gasteiger partial charge in [-0.2, -0.15) is 0 Å². The van der Waals surface area contributed by atoms with Crippen LogP contribution in [0.4, 0.5) is 0 Å². The highest BCUT2D eigenvalue weighted by Crippen LogP contribution is 2.79. The van der Waals surface area contributed by atoms with Gasteiger partial charge in [-0.15, -0.1) is 0 Å². The minimum atomic E-state index is -1.69. The van der Waals surface area contributed by atoms with Gasteiger partial charge in [-0.1, -0.05) is 6.92 Å². The molecular weight excluding hydrogens is 414 g/mol. The van der Waals surface area contributed by atoms with E-state index < -0.39 is 46.9 Å². The smallest absolute Gasteiger partial charge is 0.144 e. The number of carbonyl (C=O) groups is 1. The first-order chi connectivity index (χ1) is 15.2. The summed E-state index contributed by atoms with van der Waals surface area (Å²) in [6, 6.07) is -0.483. The SMILES string of the molecule is CCN1C[C@]2(COC)CC[C@H](O)[C@@]34[C@@H]5C[C@H]6C(=O)[C@@H]5[C@](O)(C[C@@H]6OC)[C@@](O)([C@@H](OC)[C@H]23)[C@@H]14. The monoisotopic (exact) mass is 451 g/mol. The van der Waals surface area contributed by atoms with Crippen LogP contribution in [0.5, 0.6) is 0 Å². The van der Waals surface area contributed by atoms with Gasteiger partial charge in [0.25, 0.3) is 0 Å². The number of Topliss-reactive ketones (excluding diaryl/α,β-unsaturated/α-hetero) is 1. The Kier molecular flexibility index (Phi) is 4.47. The largest absolute Gasteiger partial charge is 0.392 e. The average Bonchev–Trinajstić information content (AvgIpc) is 3.14. The van der Waals surface area contributed by atoms with Crippen LogP contribution >= 0.6 is 0 Å². The van der Waals surface area contributed by atoms with E-state index in [1.807, 2.05) is 0 Å². The number of methoxy groups -OCH3 is 3. The third kappa shape index (κ3) is 1.94. The molecule has 7 bridgehead atoms. The summed E-state index contributed by atoms with van der Waals surface area (Å²) in [7, 11) is 4.87. The van der Waals surface area contributed by atoms with Crippen LogP contribution in [0, 0.1) is 34.5 Å². The zero-order valence-electron chi connectivity index (χ0n) is 19.5. The van der Waals surface area contributed by atoms with Gasteiger partial charge in [0.05, 0.1) is 36.9 Å². The number of aliphatic hydroxyl groups excluding tert-OH is 1. The van der Waals surface area contributed by atoms with Crippen molar-refractivity contribution in [2.45, 2.75) is 68.2 Å². The molecule has 8 nitrogen and oxygen atoms in total. The number of carbonyl (C=O) groups excluding carboxylic acids is 1. The van der Waals surface area contributed by atoms with Gasteiger partial charge in [0.15, 0.2) is 0 Å². The molecule has 8 heteroatoms. The highest BCUT2D eigenvalue weighted by atomic mass is 16.5. The molecule has 0 unspecified atom stereocenters. The summed E-state index contributed by atoms with van der Waals surface area (Å²) >= 11 is 0. The lowest BCUT2D eigenvalue weighted by molar-refractivity contribution is -0.299. The number of ether oxygens (including phenoxy) is 3. The Bertz CT molecular complexity index is 839. The second kappa shape index (κ2) is 6.53. The van der Waals surface area contributed by atoms with E-state index in [1.54, 1.807) is 21.3 Å². The molecule has 5 aliphatic carbocycles. The van der Waals surface area contributed by atoms with Crippen molar-refractivity contribution in [3.05, 3.63) is 0 Å². The van der Waals surface area contributed by atoms with Crippen LogP contribution in [-0.4, -0.2) is 103 Å². The first kappa shape index (κ1) is 21.9. The molecule has 0 amide bonds. The molecule has 180 valence electrons. The number of fused-ring (bicyclic) bond motifs is 2. The quantitative estimate of drug-likeness (QED) is 0.529. The van der Waals surface area contributed by atoms with Gasteiger partial charge in [-0.05, 0) is 31.7 Å². The van der Waals surface area contributed by atoms with Crippen LogP contribution in [0.15, 0.2) is 0 Å². The molecule has 0 aromatic carbocycles. The fraction of sp³-hybridized carbons (Fsp3) is 0.958. The maximum atomic E-state index is 13.7. The van der Waals surface area contributed by atoms with Crippen molar-refractivity contribution in [2.75, 3.05) is 41.0 Å². The summed E-state index contributed by atoms with van der Waals surface area (Å²) in [4.78, 5) is 15.9. The molecular formula is C24H37NO7. The van der Waals surface area contributed by atoms with Crippen LogP contribution < -0.4 is 0 Å². The van der Waals surface area contributed by atoms with Crippen molar-refractivity contribution in [1.82, 2.24) is 4.90 Å². The first-order valence-electron chi connectivity index (χ1n) is 12.2. The Morgan fingerprint density at radius 3 is 2.56 bits per heavy atom. The minimum absolute atomic E-state index is 0.0129. The lowest BCUT2D eigenvalue weighted by atomic mass is 9.43. The summed E-state index contributed by atoms with van der Waals surface area (Å²) in [5.41, 5.74) is -4.40. The van der Waals surface area contributed by atoms with Crippen LogP contribution in [0.3, 0.4) is 0 Å². The maximum Gasteiger partial charge on any atom is 0.144 e. The van der Waals surface area contributed by atoms with E-state index in [2.05, 4.69) is 11.8 Å². The zero-order chi connectivity index (χ0) is 22.8. The number of rotatable bonds is 5. The molecule has 5 saturated carbocycles. The molecule has 1 saturated heterocycles. The standard InChI is InChI=1S/C24H37NO7/c1-5-25-10-21(11-30-2)7-6-15(26)23-13-8-12-14(31-3)9-22(28,16(13)17(12)27)24(29,20(23)25)19(32-4)18(21)23/h12-16,18-20,26,28-29H,5-11H2,1-4H3/t12-,13-,14+,15+,16-,18-,19+,20+,21+,22-,23+,24-/m1/s1. The third-order valence-electron chi connectivity index (χ3n) is 11.0. The van der Waals surface area contributed by atoms with Crippen molar-refractivity contribution in [1.29, 1.82) is 0 Å². The number of ketones is 1. The van der Waals surface area contributed by atoms with E-state index in [4.69, 9.17) is 14.2 Å². The van der Waals surface area contributed by atoms with E-state index in [9.17, 15) is 20.1 Å². The second-order valence-corrected chi connectivity index (χ2v) is 11.5. The molecule has 0 aromatic heterocycles.